The molecule has 1 N–H and O–H groups in total. The first-order chi connectivity index (χ1) is 6.74. The number of nitrogens with zero attached hydrogens (tertiary/aromatic N) is 1. The zero-order valence-corrected chi connectivity index (χ0v) is 8.80. The molecule has 0 unspecified atom stereocenters. The summed E-state index contributed by atoms with van der Waals surface area (Å²) in [5.74, 6) is 0.658. The van der Waals surface area contributed by atoms with Crippen LogP contribution in [0.15, 0.2) is 10.6 Å². The molecule has 0 radical (unpaired) electrons. The second-order valence-corrected chi connectivity index (χ2v) is 3.36. The van der Waals surface area contributed by atoms with Crippen molar-refractivity contribution >= 4 is 17.5 Å². The highest BCUT2D eigenvalue weighted by atomic mass is 35.5. The van der Waals surface area contributed by atoms with Gasteiger partial charge < -0.3 is 9.84 Å². The van der Waals surface area contributed by atoms with Crippen LogP contribution in [0.3, 0.4) is 0 Å². The highest BCUT2D eigenvalue weighted by Crippen LogP contribution is 2.01. The van der Waals surface area contributed by atoms with E-state index in [1.807, 2.05) is 0 Å². The van der Waals surface area contributed by atoms with Gasteiger partial charge in [-0.05, 0) is 19.8 Å². The number of amides is 1. The van der Waals surface area contributed by atoms with E-state index < -0.39 is 0 Å². The summed E-state index contributed by atoms with van der Waals surface area (Å²) in [6.45, 7) is 2.39. The van der Waals surface area contributed by atoms with Gasteiger partial charge in [-0.15, -0.1) is 11.6 Å². The predicted molar refractivity (Wildman–Crippen MR) is 53.5 cm³/mol. The van der Waals surface area contributed by atoms with Crippen molar-refractivity contribution in [1.82, 2.24) is 10.5 Å². The van der Waals surface area contributed by atoms with Gasteiger partial charge in [-0.25, -0.2) is 0 Å². The van der Waals surface area contributed by atoms with Crippen LogP contribution in [-0.2, 0) is 0 Å². The maximum atomic E-state index is 11.3. The van der Waals surface area contributed by atoms with E-state index in [4.69, 9.17) is 16.1 Å². The van der Waals surface area contributed by atoms with E-state index in [-0.39, 0.29) is 11.7 Å². The van der Waals surface area contributed by atoms with E-state index in [0.29, 0.717) is 18.1 Å². The summed E-state index contributed by atoms with van der Waals surface area (Å²) in [6, 6.07) is 1.61. The first-order valence-electron chi connectivity index (χ1n) is 4.51. The SMILES string of the molecule is Cc1cc(C(=O)NCCCCCl)on1. The number of carbonyl (C=O) groups excluding carboxylic acids is 1. The molecule has 0 atom stereocenters. The van der Waals surface area contributed by atoms with E-state index in [1.165, 1.54) is 0 Å². The van der Waals surface area contributed by atoms with Gasteiger partial charge in [-0.1, -0.05) is 5.16 Å². The summed E-state index contributed by atoms with van der Waals surface area (Å²) >= 11 is 5.50. The number of unbranched alkanes of at least 4 members (excludes halogenated alkanes) is 1. The third-order valence-electron chi connectivity index (χ3n) is 1.70. The van der Waals surface area contributed by atoms with Crippen LogP contribution in [0.1, 0.15) is 29.1 Å². The number of alkyl halides is 1. The molecule has 0 bridgehead atoms. The third kappa shape index (κ3) is 3.38. The molecule has 4 nitrogen and oxygen atoms in total. The van der Waals surface area contributed by atoms with Crippen molar-refractivity contribution < 1.29 is 9.32 Å². The lowest BCUT2D eigenvalue weighted by molar-refractivity contribution is 0.0916. The van der Waals surface area contributed by atoms with Crippen LogP contribution >= 0.6 is 11.6 Å². The molecule has 0 aliphatic carbocycles. The fourth-order valence-corrected chi connectivity index (χ4v) is 1.17. The van der Waals surface area contributed by atoms with Crippen molar-refractivity contribution in [3.05, 3.63) is 17.5 Å². The Hall–Kier alpha value is -1.03. The van der Waals surface area contributed by atoms with E-state index in [1.54, 1.807) is 13.0 Å². The molecule has 0 saturated heterocycles. The molecule has 1 aromatic heterocycles. The van der Waals surface area contributed by atoms with Gasteiger partial charge in [-0.3, -0.25) is 4.79 Å². The van der Waals surface area contributed by atoms with Gasteiger partial charge in [0.1, 0.15) is 0 Å². The molecule has 0 aromatic carbocycles. The van der Waals surface area contributed by atoms with Gasteiger partial charge in [0.25, 0.3) is 5.91 Å². The molecule has 0 spiro atoms. The number of aromatic nitrogens is 1. The first kappa shape index (κ1) is 11.0. The minimum absolute atomic E-state index is 0.222. The van der Waals surface area contributed by atoms with Gasteiger partial charge in [0.2, 0.25) is 5.76 Å². The first-order valence-corrected chi connectivity index (χ1v) is 5.05. The van der Waals surface area contributed by atoms with Crippen molar-refractivity contribution in [2.75, 3.05) is 12.4 Å². The molecule has 14 heavy (non-hydrogen) atoms. The largest absolute Gasteiger partial charge is 0.351 e. The number of hydrogen-bond acceptors (Lipinski definition) is 3. The molecule has 1 amide bonds. The number of rotatable bonds is 5. The summed E-state index contributed by atoms with van der Waals surface area (Å²) in [5.41, 5.74) is 0.705. The van der Waals surface area contributed by atoms with E-state index in [2.05, 4.69) is 10.5 Å². The van der Waals surface area contributed by atoms with Crippen LogP contribution in [0.4, 0.5) is 0 Å². The Balaban J connectivity index is 2.29. The van der Waals surface area contributed by atoms with E-state index in [9.17, 15) is 4.79 Å². The molecule has 1 rings (SSSR count). The van der Waals surface area contributed by atoms with Crippen molar-refractivity contribution in [1.29, 1.82) is 0 Å². The molecule has 0 saturated carbocycles. The normalized spacial score (nSPS) is 10.1. The summed E-state index contributed by atoms with van der Waals surface area (Å²) in [6.07, 6.45) is 1.78. The second-order valence-electron chi connectivity index (χ2n) is 2.98. The number of aryl methyl sites for hydroxylation is 1. The Labute approximate surface area is 87.6 Å². The van der Waals surface area contributed by atoms with Crippen LogP contribution in [0, 0.1) is 6.92 Å². The molecule has 5 heteroatoms. The van der Waals surface area contributed by atoms with Crippen molar-refractivity contribution in [3.63, 3.8) is 0 Å². The maximum Gasteiger partial charge on any atom is 0.289 e. The van der Waals surface area contributed by atoms with E-state index in [0.717, 1.165) is 12.8 Å². The molecule has 0 fully saturated rings. The number of hydrogen-bond donors (Lipinski definition) is 1. The summed E-state index contributed by atoms with van der Waals surface area (Å²) in [4.78, 5) is 11.3. The summed E-state index contributed by atoms with van der Waals surface area (Å²) in [5, 5.41) is 6.34. The summed E-state index contributed by atoms with van der Waals surface area (Å²) in [7, 11) is 0. The Morgan fingerprint density at radius 2 is 2.43 bits per heavy atom. The quantitative estimate of drug-likeness (QED) is 0.603. The van der Waals surface area contributed by atoms with Crippen molar-refractivity contribution in [2.45, 2.75) is 19.8 Å². The van der Waals surface area contributed by atoms with Gasteiger partial charge in [0, 0.05) is 18.5 Å². The van der Waals surface area contributed by atoms with E-state index >= 15 is 0 Å². The van der Waals surface area contributed by atoms with Crippen LogP contribution in [0.25, 0.3) is 0 Å². The zero-order valence-electron chi connectivity index (χ0n) is 8.05. The standard InChI is InChI=1S/C9H13ClN2O2/c1-7-6-8(14-12-7)9(13)11-5-3-2-4-10/h6H,2-5H2,1H3,(H,11,13). The second kappa shape index (κ2) is 5.65. The average molecular weight is 217 g/mol. The Kier molecular flexibility index (Phi) is 4.46. The molecule has 0 aliphatic rings. The number of halogens is 1. The third-order valence-corrected chi connectivity index (χ3v) is 1.96. The smallest absolute Gasteiger partial charge is 0.289 e. The van der Waals surface area contributed by atoms with Gasteiger partial charge in [0.05, 0.1) is 5.69 Å². The van der Waals surface area contributed by atoms with Crippen LogP contribution in [-0.4, -0.2) is 23.5 Å². The number of carbonyl (C=O) groups is 1. The molecular weight excluding hydrogens is 204 g/mol. The Bertz CT molecular complexity index is 299. The highest BCUT2D eigenvalue weighted by molar-refractivity contribution is 6.17. The van der Waals surface area contributed by atoms with Crippen molar-refractivity contribution in [2.24, 2.45) is 0 Å². The molecule has 1 heterocycles. The van der Waals surface area contributed by atoms with Crippen LogP contribution < -0.4 is 5.32 Å². The lowest BCUT2D eigenvalue weighted by Gasteiger charge is -2.00. The van der Waals surface area contributed by atoms with Crippen molar-refractivity contribution in [3.8, 4) is 0 Å². The van der Waals surface area contributed by atoms with Gasteiger partial charge >= 0.3 is 0 Å². The molecule has 0 aliphatic heterocycles. The molecule has 1 aromatic rings. The predicted octanol–water partition coefficient (Wildman–Crippen LogP) is 1.73. The average Bonchev–Trinajstić information content (AvgIpc) is 2.59. The molecular formula is C9H13ClN2O2. The minimum Gasteiger partial charge on any atom is -0.351 e. The fraction of sp³-hybridized carbons (Fsp3) is 0.556. The van der Waals surface area contributed by atoms with Gasteiger partial charge in [0.15, 0.2) is 0 Å². The molecule has 78 valence electrons. The van der Waals surface area contributed by atoms with Crippen LogP contribution in [0.2, 0.25) is 0 Å². The summed E-state index contributed by atoms with van der Waals surface area (Å²) < 4.78 is 4.79. The lowest BCUT2D eigenvalue weighted by atomic mass is 10.3. The fourth-order valence-electron chi connectivity index (χ4n) is 0.979. The topological polar surface area (TPSA) is 55.1 Å². The maximum absolute atomic E-state index is 11.3. The Morgan fingerprint density at radius 3 is 3.00 bits per heavy atom. The van der Waals surface area contributed by atoms with Gasteiger partial charge in [-0.2, -0.15) is 0 Å². The lowest BCUT2D eigenvalue weighted by Crippen LogP contribution is -2.23. The van der Waals surface area contributed by atoms with Crippen LogP contribution in [0.5, 0.6) is 0 Å². The monoisotopic (exact) mass is 216 g/mol. The Morgan fingerprint density at radius 1 is 1.64 bits per heavy atom. The zero-order chi connectivity index (χ0) is 10.4. The minimum atomic E-state index is -0.222. The highest BCUT2D eigenvalue weighted by Gasteiger charge is 2.09. The number of nitrogens with one attached hydrogen (secondary N) is 1.